The molecule has 0 bridgehead atoms. The van der Waals surface area contributed by atoms with Crippen molar-refractivity contribution in [2.75, 3.05) is 13.3 Å². The summed E-state index contributed by atoms with van der Waals surface area (Å²) < 4.78 is 38.3. The Balaban J connectivity index is 1.63. The van der Waals surface area contributed by atoms with Crippen molar-refractivity contribution in [2.45, 2.75) is 30.2 Å². The Bertz CT molecular complexity index is 851. The summed E-state index contributed by atoms with van der Waals surface area (Å²) in [5, 5.41) is 0. The van der Waals surface area contributed by atoms with Gasteiger partial charge in [-0.1, -0.05) is 30.3 Å². The molecule has 0 saturated carbocycles. The molecule has 24 heavy (non-hydrogen) atoms. The van der Waals surface area contributed by atoms with Gasteiger partial charge in [-0.25, -0.2) is 8.42 Å². The maximum absolute atomic E-state index is 13.1. The minimum absolute atomic E-state index is 0.0807. The SMILES string of the molecule is CC1C(c2ccccc2)CCN1S(=O)(=O)c1ccc2c(c1)OCO2. The Labute approximate surface area is 141 Å². The largest absolute Gasteiger partial charge is 0.454 e. The molecule has 0 amide bonds. The number of hydrogen-bond acceptors (Lipinski definition) is 4. The van der Waals surface area contributed by atoms with Crippen LogP contribution in [0.1, 0.15) is 24.8 Å². The molecule has 0 spiro atoms. The molecule has 2 unspecified atom stereocenters. The Kier molecular flexibility index (Phi) is 3.73. The van der Waals surface area contributed by atoms with E-state index < -0.39 is 10.0 Å². The maximum atomic E-state index is 13.1. The van der Waals surface area contributed by atoms with Crippen LogP contribution < -0.4 is 9.47 Å². The number of hydrogen-bond donors (Lipinski definition) is 0. The molecule has 2 heterocycles. The fraction of sp³-hybridized carbons (Fsp3) is 0.333. The lowest BCUT2D eigenvalue weighted by molar-refractivity contribution is 0.174. The summed E-state index contributed by atoms with van der Waals surface area (Å²) in [6.07, 6.45) is 0.828. The highest BCUT2D eigenvalue weighted by Gasteiger charge is 2.39. The fourth-order valence-corrected chi connectivity index (χ4v) is 5.27. The number of benzene rings is 2. The summed E-state index contributed by atoms with van der Waals surface area (Å²) >= 11 is 0. The summed E-state index contributed by atoms with van der Waals surface area (Å²) in [5.74, 6) is 1.29. The van der Waals surface area contributed by atoms with Crippen molar-refractivity contribution >= 4 is 10.0 Å². The molecule has 126 valence electrons. The summed E-state index contributed by atoms with van der Waals surface area (Å²) in [7, 11) is -3.55. The maximum Gasteiger partial charge on any atom is 0.243 e. The average Bonchev–Trinajstić information content (AvgIpc) is 3.21. The molecule has 1 fully saturated rings. The van der Waals surface area contributed by atoms with Crippen LogP contribution in [0.25, 0.3) is 0 Å². The van der Waals surface area contributed by atoms with E-state index in [4.69, 9.17) is 9.47 Å². The zero-order valence-corrected chi connectivity index (χ0v) is 14.2. The lowest BCUT2D eigenvalue weighted by Crippen LogP contribution is -2.35. The zero-order chi connectivity index (χ0) is 16.7. The highest BCUT2D eigenvalue weighted by Crippen LogP contribution is 2.39. The van der Waals surface area contributed by atoms with Crippen LogP contribution >= 0.6 is 0 Å². The summed E-state index contributed by atoms with van der Waals surface area (Å²) in [6, 6.07) is 14.8. The summed E-state index contributed by atoms with van der Waals surface area (Å²) in [4.78, 5) is 0.257. The Morgan fingerprint density at radius 1 is 1.04 bits per heavy atom. The molecule has 2 atom stereocenters. The Morgan fingerprint density at radius 2 is 1.79 bits per heavy atom. The van der Waals surface area contributed by atoms with E-state index >= 15 is 0 Å². The van der Waals surface area contributed by atoms with Crippen LogP contribution in [0.15, 0.2) is 53.4 Å². The van der Waals surface area contributed by atoms with Crippen LogP contribution in [0.5, 0.6) is 11.5 Å². The lowest BCUT2D eigenvalue weighted by atomic mass is 9.93. The predicted molar refractivity (Wildman–Crippen MR) is 89.7 cm³/mol. The molecular weight excluding hydrogens is 326 g/mol. The van der Waals surface area contributed by atoms with Crippen LogP contribution in [-0.2, 0) is 10.0 Å². The lowest BCUT2D eigenvalue weighted by Gasteiger charge is -2.24. The van der Waals surface area contributed by atoms with E-state index in [9.17, 15) is 8.42 Å². The second-order valence-corrected chi connectivity index (χ2v) is 8.07. The van der Waals surface area contributed by atoms with Gasteiger partial charge in [0.2, 0.25) is 16.8 Å². The first-order valence-electron chi connectivity index (χ1n) is 8.04. The van der Waals surface area contributed by atoms with Gasteiger partial charge in [-0.15, -0.1) is 0 Å². The third kappa shape index (κ3) is 2.46. The highest BCUT2D eigenvalue weighted by molar-refractivity contribution is 7.89. The van der Waals surface area contributed by atoms with Crippen molar-refractivity contribution in [1.82, 2.24) is 4.31 Å². The van der Waals surface area contributed by atoms with Gasteiger partial charge in [0.25, 0.3) is 0 Å². The second-order valence-electron chi connectivity index (χ2n) is 6.18. The Morgan fingerprint density at radius 3 is 2.58 bits per heavy atom. The molecule has 0 N–H and O–H groups in total. The summed E-state index contributed by atoms with van der Waals surface area (Å²) in [5.41, 5.74) is 1.19. The van der Waals surface area contributed by atoms with Gasteiger partial charge in [0, 0.05) is 24.6 Å². The fourth-order valence-electron chi connectivity index (χ4n) is 3.57. The number of fused-ring (bicyclic) bond motifs is 1. The van der Waals surface area contributed by atoms with Crippen LogP contribution in [0.2, 0.25) is 0 Å². The van der Waals surface area contributed by atoms with Crippen LogP contribution in [-0.4, -0.2) is 32.1 Å². The molecule has 2 aromatic rings. The predicted octanol–water partition coefficient (Wildman–Crippen LogP) is 2.98. The van der Waals surface area contributed by atoms with Gasteiger partial charge in [-0.05, 0) is 31.0 Å². The highest BCUT2D eigenvalue weighted by atomic mass is 32.2. The van der Waals surface area contributed by atoms with Crippen molar-refractivity contribution in [1.29, 1.82) is 0 Å². The molecular formula is C18H19NO4S. The normalized spacial score (nSPS) is 23.5. The number of sulfonamides is 1. The molecule has 6 heteroatoms. The Hall–Kier alpha value is -2.05. The molecule has 0 aliphatic carbocycles. The van der Waals surface area contributed by atoms with Crippen LogP contribution in [0, 0.1) is 0 Å². The van der Waals surface area contributed by atoms with Crippen molar-refractivity contribution < 1.29 is 17.9 Å². The van der Waals surface area contributed by atoms with Crippen molar-refractivity contribution in [2.24, 2.45) is 0 Å². The third-order valence-electron chi connectivity index (χ3n) is 4.88. The van der Waals surface area contributed by atoms with Crippen molar-refractivity contribution in [3.63, 3.8) is 0 Å². The van der Waals surface area contributed by atoms with Gasteiger partial charge >= 0.3 is 0 Å². The van der Waals surface area contributed by atoms with E-state index in [2.05, 4.69) is 12.1 Å². The quantitative estimate of drug-likeness (QED) is 0.858. The number of ether oxygens (including phenoxy) is 2. The molecule has 5 nitrogen and oxygen atoms in total. The van der Waals surface area contributed by atoms with Crippen molar-refractivity contribution in [3.05, 3.63) is 54.1 Å². The molecule has 0 aromatic heterocycles. The third-order valence-corrected chi connectivity index (χ3v) is 6.86. The minimum atomic E-state index is -3.55. The first kappa shape index (κ1) is 15.5. The van der Waals surface area contributed by atoms with E-state index in [1.807, 2.05) is 25.1 Å². The van der Waals surface area contributed by atoms with E-state index in [1.165, 1.54) is 5.56 Å². The van der Waals surface area contributed by atoms with Gasteiger partial charge in [-0.2, -0.15) is 4.31 Å². The smallest absolute Gasteiger partial charge is 0.243 e. The molecule has 0 radical (unpaired) electrons. The van der Waals surface area contributed by atoms with E-state index in [1.54, 1.807) is 22.5 Å². The first-order valence-corrected chi connectivity index (χ1v) is 9.48. The number of nitrogens with zero attached hydrogens (tertiary/aromatic N) is 1. The van der Waals surface area contributed by atoms with Crippen LogP contribution in [0.3, 0.4) is 0 Å². The van der Waals surface area contributed by atoms with Gasteiger partial charge < -0.3 is 9.47 Å². The molecule has 2 aliphatic rings. The second kappa shape index (κ2) is 5.79. The topological polar surface area (TPSA) is 55.8 Å². The monoisotopic (exact) mass is 345 g/mol. The molecule has 2 aromatic carbocycles. The van der Waals surface area contributed by atoms with E-state index in [0.29, 0.717) is 18.0 Å². The average molecular weight is 345 g/mol. The van der Waals surface area contributed by atoms with Crippen molar-refractivity contribution in [3.8, 4) is 11.5 Å². The van der Waals surface area contributed by atoms with Crippen LogP contribution in [0.4, 0.5) is 0 Å². The standard InChI is InChI=1S/C18H19NO4S/c1-13-16(14-5-3-2-4-6-14)9-10-19(13)24(20,21)15-7-8-17-18(11-15)23-12-22-17/h2-8,11,13,16H,9-10,12H2,1H3. The van der Waals surface area contributed by atoms with E-state index in [0.717, 1.165) is 6.42 Å². The van der Waals surface area contributed by atoms with Gasteiger partial charge in [0.05, 0.1) is 4.90 Å². The van der Waals surface area contributed by atoms with Gasteiger partial charge in [0.1, 0.15) is 0 Å². The van der Waals surface area contributed by atoms with Gasteiger partial charge in [0.15, 0.2) is 11.5 Å². The van der Waals surface area contributed by atoms with E-state index in [-0.39, 0.29) is 23.6 Å². The van der Waals surface area contributed by atoms with Gasteiger partial charge in [-0.3, -0.25) is 0 Å². The molecule has 1 saturated heterocycles. The zero-order valence-electron chi connectivity index (χ0n) is 13.4. The summed E-state index contributed by atoms with van der Waals surface area (Å²) in [6.45, 7) is 2.64. The minimum Gasteiger partial charge on any atom is -0.454 e. The molecule has 4 rings (SSSR count). The molecule has 2 aliphatic heterocycles. The first-order chi connectivity index (χ1) is 11.6. The number of rotatable bonds is 3.